The zero-order valence-electron chi connectivity index (χ0n) is 9.68. The van der Waals surface area contributed by atoms with Crippen molar-refractivity contribution in [3.05, 3.63) is 0 Å². The number of ether oxygens (including phenoxy) is 2. The Morgan fingerprint density at radius 2 is 1.93 bits per heavy atom. The van der Waals surface area contributed by atoms with Crippen LogP contribution >= 0.6 is 0 Å². The molecule has 0 spiro atoms. The molecule has 15 heavy (non-hydrogen) atoms. The minimum absolute atomic E-state index is 0.119. The van der Waals surface area contributed by atoms with Crippen molar-refractivity contribution in [1.82, 2.24) is 0 Å². The lowest BCUT2D eigenvalue weighted by molar-refractivity contribution is -0.247. The van der Waals surface area contributed by atoms with Crippen LogP contribution in [0.15, 0.2) is 0 Å². The normalized spacial score (nSPS) is 37.5. The predicted octanol–water partition coefficient (Wildman–Crippen LogP) is 0.215. The van der Waals surface area contributed by atoms with Crippen LogP contribution < -0.4 is 0 Å². The molecule has 1 saturated heterocycles. The molecule has 1 aliphatic heterocycles. The average Bonchev–Trinajstić information content (AvgIpc) is 2.23. The zero-order chi connectivity index (χ0) is 11.8. The van der Waals surface area contributed by atoms with Gasteiger partial charge in [-0.3, -0.25) is 0 Å². The first-order chi connectivity index (χ1) is 6.72. The first-order valence-electron chi connectivity index (χ1n) is 5.21. The highest BCUT2D eigenvalue weighted by molar-refractivity contribution is 6.11. The van der Waals surface area contributed by atoms with Crippen LogP contribution in [0.1, 0.15) is 27.7 Å². The minimum atomic E-state index is -1.30. The van der Waals surface area contributed by atoms with Gasteiger partial charge in [0, 0.05) is 11.9 Å². The van der Waals surface area contributed by atoms with Crippen LogP contribution in [0.4, 0.5) is 0 Å². The lowest BCUT2D eigenvalue weighted by Crippen LogP contribution is -2.40. The van der Waals surface area contributed by atoms with Gasteiger partial charge in [0.05, 0.1) is 0 Å². The van der Waals surface area contributed by atoms with Crippen molar-refractivity contribution in [2.75, 3.05) is 0 Å². The number of hydrogen-bond acceptors (Lipinski definition) is 4. The zero-order valence-corrected chi connectivity index (χ0v) is 9.68. The van der Waals surface area contributed by atoms with Crippen LogP contribution in [-0.4, -0.2) is 42.2 Å². The summed E-state index contributed by atoms with van der Waals surface area (Å²) in [5.74, 6) is -1.21. The van der Waals surface area contributed by atoms with Crippen LogP contribution in [0.2, 0.25) is 0 Å². The van der Waals surface area contributed by atoms with Crippen molar-refractivity contribution in [3.8, 4) is 0 Å². The van der Waals surface area contributed by atoms with Crippen molar-refractivity contribution in [1.29, 1.82) is 0 Å². The van der Waals surface area contributed by atoms with Gasteiger partial charge in [0.2, 0.25) is 0 Å². The highest BCUT2D eigenvalue weighted by Gasteiger charge is 2.45. The molecule has 4 unspecified atom stereocenters. The van der Waals surface area contributed by atoms with Gasteiger partial charge in [-0.1, -0.05) is 13.8 Å². The molecule has 86 valence electrons. The molecule has 1 rings (SSSR count). The van der Waals surface area contributed by atoms with E-state index in [1.807, 2.05) is 13.8 Å². The third-order valence-corrected chi connectivity index (χ3v) is 2.53. The molecule has 1 aliphatic rings. The summed E-state index contributed by atoms with van der Waals surface area (Å²) in [7, 11) is 5.74. The maximum atomic E-state index is 9.60. The topological polar surface area (TPSA) is 58.9 Å². The van der Waals surface area contributed by atoms with E-state index in [1.54, 1.807) is 0 Å². The van der Waals surface area contributed by atoms with Crippen LogP contribution in [0, 0.1) is 11.8 Å². The first-order valence-corrected chi connectivity index (χ1v) is 5.21. The summed E-state index contributed by atoms with van der Waals surface area (Å²) in [6.07, 6.45) is -1.65. The molecule has 2 radical (unpaired) electrons. The number of hydrogen-bond donors (Lipinski definition) is 2. The number of rotatable bonds is 3. The van der Waals surface area contributed by atoms with Crippen LogP contribution in [0.3, 0.4) is 0 Å². The lowest BCUT2D eigenvalue weighted by atomic mass is 9.78. The Morgan fingerprint density at radius 1 is 1.40 bits per heavy atom. The van der Waals surface area contributed by atoms with E-state index < -0.39 is 24.2 Å². The van der Waals surface area contributed by atoms with Crippen LogP contribution in [0.25, 0.3) is 0 Å². The number of aliphatic hydroxyl groups is 2. The molecule has 1 heterocycles. The van der Waals surface area contributed by atoms with Gasteiger partial charge in [0.25, 0.3) is 0 Å². The van der Waals surface area contributed by atoms with E-state index in [1.165, 1.54) is 13.8 Å². The molecule has 4 atom stereocenters. The van der Waals surface area contributed by atoms with E-state index in [0.717, 1.165) is 0 Å². The van der Waals surface area contributed by atoms with Gasteiger partial charge in [-0.15, -0.1) is 0 Å². The van der Waals surface area contributed by atoms with Gasteiger partial charge in [-0.05, 0) is 19.8 Å². The van der Waals surface area contributed by atoms with Crippen LogP contribution in [-0.2, 0) is 9.47 Å². The molecule has 0 saturated carbocycles. The molecule has 4 nitrogen and oxygen atoms in total. The van der Waals surface area contributed by atoms with E-state index in [2.05, 4.69) is 0 Å². The van der Waals surface area contributed by atoms with Gasteiger partial charge in [-0.25, -0.2) is 0 Å². The summed E-state index contributed by atoms with van der Waals surface area (Å²) in [6.45, 7) is 6.99. The van der Waals surface area contributed by atoms with E-state index >= 15 is 0 Å². The Hall–Kier alpha value is -0.0951. The van der Waals surface area contributed by atoms with E-state index in [4.69, 9.17) is 17.3 Å². The quantitative estimate of drug-likeness (QED) is 0.521. The Bertz CT molecular complexity index is 214. The Labute approximate surface area is 92.0 Å². The minimum Gasteiger partial charge on any atom is -0.366 e. The summed E-state index contributed by atoms with van der Waals surface area (Å²) in [5.41, 5.74) is 0. The summed E-state index contributed by atoms with van der Waals surface area (Å²) in [4.78, 5) is 0. The summed E-state index contributed by atoms with van der Waals surface area (Å²) in [5, 5.41) is 19.2. The molecule has 2 N–H and O–H groups in total. The number of aliphatic hydroxyl groups excluding tert-OH is 1. The van der Waals surface area contributed by atoms with E-state index in [-0.39, 0.29) is 11.8 Å². The molecule has 0 aliphatic carbocycles. The molecular weight excluding hydrogens is 195 g/mol. The largest absolute Gasteiger partial charge is 0.366 e. The third kappa shape index (κ3) is 3.18. The van der Waals surface area contributed by atoms with Crippen molar-refractivity contribution >= 4 is 7.85 Å². The standard InChI is InChI=1S/C10H19BO4/c1-5(2)6-7(15-10(3,4)13)9(12)14-8(6)11/h5-9,12-13H,1-4H3. The van der Waals surface area contributed by atoms with Crippen molar-refractivity contribution in [2.45, 2.75) is 51.9 Å². The Morgan fingerprint density at radius 3 is 2.33 bits per heavy atom. The third-order valence-electron chi connectivity index (χ3n) is 2.53. The molecule has 0 aromatic carbocycles. The highest BCUT2D eigenvalue weighted by Crippen LogP contribution is 2.34. The Balaban J connectivity index is 2.75. The summed E-state index contributed by atoms with van der Waals surface area (Å²) >= 11 is 0. The molecular formula is C10H19BO4. The van der Waals surface area contributed by atoms with E-state index in [0.29, 0.717) is 0 Å². The van der Waals surface area contributed by atoms with Gasteiger partial charge in [-0.2, -0.15) is 0 Å². The second-order valence-electron chi connectivity index (χ2n) is 4.84. The van der Waals surface area contributed by atoms with Crippen molar-refractivity contribution in [2.24, 2.45) is 11.8 Å². The predicted molar refractivity (Wildman–Crippen MR) is 56.1 cm³/mol. The van der Waals surface area contributed by atoms with Gasteiger partial charge >= 0.3 is 0 Å². The Kier molecular flexibility index (Phi) is 3.82. The smallest absolute Gasteiger partial charge is 0.180 e. The molecule has 1 fully saturated rings. The average molecular weight is 214 g/mol. The molecule has 0 aromatic rings. The van der Waals surface area contributed by atoms with E-state index in [9.17, 15) is 10.2 Å². The fourth-order valence-corrected chi connectivity index (χ4v) is 1.93. The van der Waals surface area contributed by atoms with Gasteiger partial charge in [0.1, 0.15) is 14.0 Å². The fourth-order valence-electron chi connectivity index (χ4n) is 1.93. The first kappa shape index (κ1) is 13.0. The fraction of sp³-hybridized carbons (Fsp3) is 1.00. The maximum Gasteiger partial charge on any atom is 0.180 e. The molecule has 0 aromatic heterocycles. The lowest BCUT2D eigenvalue weighted by Gasteiger charge is -2.30. The van der Waals surface area contributed by atoms with Gasteiger partial charge in [0.15, 0.2) is 12.1 Å². The van der Waals surface area contributed by atoms with Crippen molar-refractivity contribution < 1.29 is 19.7 Å². The van der Waals surface area contributed by atoms with Crippen LogP contribution in [0.5, 0.6) is 0 Å². The second kappa shape index (κ2) is 4.41. The summed E-state index contributed by atoms with van der Waals surface area (Å²) < 4.78 is 10.4. The molecule has 0 amide bonds. The second-order valence-corrected chi connectivity index (χ2v) is 4.84. The monoisotopic (exact) mass is 214 g/mol. The molecule has 5 heteroatoms. The van der Waals surface area contributed by atoms with Crippen molar-refractivity contribution in [3.63, 3.8) is 0 Å². The summed E-state index contributed by atoms with van der Waals surface area (Å²) in [6, 6.07) is -0.549. The SMILES string of the molecule is [B]C1OC(O)C(OC(C)(C)O)C1C(C)C. The molecule has 0 bridgehead atoms. The van der Waals surface area contributed by atoms with Gasteiger partial charge < -0.3 is 19.7 Å². The highest BCUT2D eigenvalue weighted by atomic mass is 16.7. The maximum absolute atomic E-state index is 9.60.